The number of rotatable bonds is 3. The first kappa shape index (κ1) is 13.2. The van der Waals surface area contributed by atoms with Gasteiger partial charge in [-0.15, -0.1) is 11.6 Å². The van der Waals surface area contributed by atoms with E-state index in [1.54, 1.807) is 0 Å². The molecule has 19 heavy (non-hydrogen) atoms. The maximum absolute atomic E-state index is 6.25. The molecule has 3 nitrogen and oxygen atoms in total. The first-order chi connectivity index (χ1) is 9.15. The average Bonchev–Trinajstić information content (AvgIpc) is 2.97. The van der Waals surface area contributed by atoms with Crippen molar-refractivity contribution in [1.29, 1.82) is 0 Å². The monoisotopic (exact) mass is 298 g/mol. The van der Waals surface area contributed by atoms with E-state index >= 15 is 0 Å². The van der Waals surface area contributed by atoms with E-state index in [1.807, 2.05) is 25.1 Å². The van der Waals surface area contributed by atoms with Gasteiger partial charge in [0.25, 0.3) is 0 Å². The molecule has 1 aliphatic heterocycles. The number of hydrogen-bond donors (Lipinski definition) is 0. The lowest BCUT2D eigenvalue weighted by Crippen LogP contribution is -2.17. The van der Waals surface area contributed by atoms with E-state index in [4.69, 9.17) is 27.9 Å². The molecule has 0 radical (unpaired) electrons. The summed E-state index contributed by atoms with van der Waals surface area (Å²) in [6.07, 6.45) is 2.50. The van der Waals surface area contributed by atoms with Gasteiger partial charge in [0.1, 0.15) is 5.82 Å². The predicted octanol–water partition coefficient (Wildman–Crippen LogP) is 4.17. The van der Waals surface area contributed by atoms with Crippen molar-refractivity contribution in [2.75, 3.05) is 6.61 Å². The molecule has 0 spiro atoms. The molecule has 2 atom stereocenters. The molecule has 0 aliphatic carbocycles. The van der Waals surface area contributed by atoms with Crippen LogP contribution in [0.4, 0.5) is 0 Å². The summed E-state index contributed by atoms with van der Waals surface area (Å²) >= 11 is 12.3. The molecule has 1 aliphatic rings. The van der Waals surface area contributed by atoms with Crippen LogP contribution < -0.4 is 0 Å². The average molecular weight is 299 g/mol. The lowest BCUT2D eigenvalue weighted by Gasteiger charge is -2.15. The van der Waals surface area contributed by atoms with Gasteiger partial charge in [-0.2, -0.15) is 0 Å². The third-order valence-electron chi connectivity index (χ3n) is 3.51. The molecular weight excluding hydrogens is 283 g/mol. The van der Waals surface area contributed by atoms with Crippen LogP contribution in [0.5, 0.6) is 0 Å². The fraction of sp³-hybridized carbons (Fsp3) is 0.500. The summed E-state index contributed by atoms with van der Waals surface area (Å²) in [5.41, 5.74) is 1.97. The van der Waals surface area contributed by atoms with Crippen LogP contribution in [0, 0.1) is 0 Å². The summed E-state index contributed by atoms with van der Waals surface area (Å²) in [5.74, 6) is 0.884. The zero-order valence-corrected chi connectivity index (χ0v) is 12.3. The topological polar surface area (TPSA) is 27.1 Å². The minimum absolute atomic E-state index is 0.132. The Kier molecular flexibility index (Phi) is 3.70. The van der Waals surface area contributed by atoms with Gasteiger partial charge >= 0.3 is 0 Å². The maximum atomic E-state index is 6.25. The van der Waals surface area contributed by atoms with E-state index in [9.17, 15) is 0 Å². The van der Waals surface area contributed by atoms with Crippen LogP contribution in [0.2, 0.25) is 5.02 Å². The SMILES string of the molecule is CC(Cl)c1nc2cc(Cl)ccc2n1CC1CCCO1. The van der Waals surface area contributed by atoms with E-state index in [0.717, 1.165) is 42.9 Å². The summed E-state index contributed by atoms with van der Waals surface area (Å²) in [6, 6.07) is 5.77. The van der Waals surface area contributed by atoms with Crippen molar-refractivity contribution in [2.45, 2.75) is 37.8 Å². The van der Waals surface area contributed by atoms with Crippen LogP contribution in [-0.2, 0) is 11.3 Å². The first-order valence-electron chi connectivity index (χ1n) is 6.56. The van der Waals surface area contributed by atoms with Crippen LogP contribution in [0.25, 0.3) is 11.0 Å². The van der Waals surface area contributed by atoms with E-state index in [0.29, 0.717) is 5.02 Å². The van der Waals surface area contributed by atoms with Crippen molar-refractivity contribution >= 4 is 34.2 Å². The number of fused-ring (bicyclic) bond motifs is 1. The molecule has 2 aromatic rings. The highest BCUT2D eigenvalue weighted by atomic mass is 35.5. The molecule has 1 aromatic carbocycles. The molecule has 1 aromatic heterocycles. The highest BCUT2D eigenvalue weighted by Gasteiger charge is 2.21. The second-order valence-electron chi connectivity index (χ2n) is 4.96. The Morgan fingerprint density at radius 3 is 3.05 bits per heavy atom. The van der Waals surface area contributed by atoms with Crippen molar-refractivity contribution in [3.05, 3.63) is 29.0 Å². The summed E-state index contributed by atoms with van der Waals surface area (Å²) in [4.78, 5) is 4.61. The van der Waals surface area contributed by atoms with Gasteiger partial charge in [-0.1, -0.05) is 11.6 Å². The predicted molar refractivity (Wildman–Crippen MR) is 78.0 cm³/mol. The van der Waals surface area contributed by atoms with E-state index in [1.165, 1.54) is 0 Å². The number of halogens is 2. The third kappa shape index (κ3) is 2.60. The van der Waals surface area contributed by atoms with Gasteiger partial charge in [0.15, 0.2) is 0 Å². The summed E-state index contributed by atoms with van der Waals surface area (Å²) in [6.45, 7) is 3.61. The van der Waals surface area contributed by atoms with Crippen LogP contribution in [-0.4, -0.2) is 22.3 Å². The molecule has 0 amide bonds. The largest absolute Gasteiger partial charge is 0.376 e. The van der Waals surface area contributed by atoms with Gasteiger partial charge in [0.05, 0.1) is 29.1 Å². The van der Waals surface area contributed by atoms with Crippen LogP contribution in [0.3, 0.4) is 0 Å². The Bertz CT molecular complexity index is 588. The Balaban J connectivity index is 2.05. The number of hydrogen-bond acceptors (Lipinski definition) is 2. The van der Waals surface area contributed by atoms with Crippen molar-refractivity contribution in [1.82, 2.24) is 9.55 Å². The minimum Gasteiger partial charge on any atom is -0.376 e. The Morgan fingerprint density at radius 2 is 2.37 bits per heavy atom. The van der Waals surface area contributed by atoms with Crippen LogP contribution >= 0.6 is 23.2 Å². The second kappa shape index (κ2) is 5.31. The van der Waals surface area contributed by atoms with E-state index in [2.05, 4.69) is 9.55 Å². The van der Waals surface area contributed by atoms with Crippen LogP contribution in [0.1, 0.15) is 31.0 Å². The zero-order chi connectivity index (χ0) is 13.4. The fourth-order valence-electron chi connectivity index (χ4n) is 2.61. The highest BCUT2D eigenvalue weighted by molar-refractivity contribution is 6.31. The van der Waals surface area contributed by atoms with Gasteiger partial charge in [-0.05, 0) is 38.0 Å². The lowest BCUT2D eigenvalue weighted by molar-refractivity contribution is 0.0972. The first-order valence-corrected chi connectivity index (χ1v) is 7.38. The fourth-order valence-corrected chi connectivity index (χ4v) is 2.94. The molecular formula is C14H16Cl2N2O. The Labute approximate surface area is 122 Å². The molecule has 2 heterocycles. The number of aromatic nitrogens is 2. The normalized spacial score (nSPS) is 21.1. The van der Waals surface area contributed by atoms with E-state index in [-0.39, 0.29) is 11.5 Å². The van der Waals surface area contributed by atoms with Gasteiger partial charge < -0.3 is 9.30 Å². The number of nitrogens with zero attached hydrogens (tertiary/aromatic N) is 2. The van der Waals surface area contributed by atoms with Crippen molar-refractivity contribution in [3.63, 3.8) is 0 Å². The third-order valence-corrected chi connectivity index (χ3v) is 3.94. The van der Waals surface area contributed by atoms with Gasteiger partial charge in [0.2, 0.25) is 0 Å². The Morgan fingerprint density at radius 1 is 1.53 bits per heavy atom. The van der Waals surface area contributed by atoms with Crippen molar-refractivity contribution < 1.29 is 4.74 Å². The standard InChI is InChI=1S/C14H16Cl2N2O/c1-9(15)14-17-12-7-10(16)4-5-13(12)18(14)8-11-3-2-6-19-11/h4-5,7,9,11H,2-3,6,8H2,1H3. The van der Waals surface area contributed by atoms with Crippen molar-refractivity contribution in [2.24, 2.45) is 0 Å². The number of benzene rings is 1. The lowest BCUT2D eigenvalue weighted by atomic mass is 10.2. The summed E-state index contributed by atoms with van der Waals surface area (Å²) in [7, 11) is 0. The van der Waals surface area contributed by atoms with Crippen molar-refractivity contribution in [3.8, 4) is 0 Å². The highest BCUT2D eigenvalue weighted by Crippen LogP contribution is 2.28. The second-order valence-corrected chi connectivity index (χ2v) is 6.06. The Hall–Kier alpha value is -0.770. The van der Waals surface area contributed by atoms with Gasteiger partial charge in [0, 0.05) is 11.6 Å². The molecule has 1 saturated heterocycles. The maximum Gasteiger partial charge on any atom is 0.127 e. The molecule has 0 saturated carbocycles. The number of imidazole rings is 1. The summed E-state index contributed by atoms with van der Waals surface area (Å²) < 4.78 is 7.88. The number of ether oxygens (including phenoxy) is 1. The molecule has 3 rings (SSSR count). The zero-order valence-electron chi connectivity index (χ0n) is 10.8. The quantitative estimate of drug-likeness (QED) is 0.795. The van der Waals surface area contributed by atoms with Gasteiger partial charge in [-0.3, -0.25) is 0 Å². The van der Waals surface area contributed by atoms with Gasteiger partial charge in [-0.25, -0.2) is 4.98 Å². The molecule has 102 valence electrons. The smallest absolute Gasteiger partial charge is 0.127 e. The minimum atomic E-state index is -0.132. The summed E-state index contributed by atoms with van der Waals surface area (Å²) in [5, 5.41) is 0.565. The molecule has 1 fully saturated rings. The molecule has 2 unspecified atom stereocenters. The molecule has 0 bridgehead atoms. The van der Waals surface area contributed by atoms with E-state index < -0.39 is 0 Å². The molecule has 5 heteroatoms. The number of alkyl halides is 1. The molecule has 0 N–H and O–H groups in total. The van der Waals surface area contributed by atoms with Crippen LogP contribution in [0.15, 0.2) is 18.2 Å².